The molecule has 0 bridgehead atoms. The van der Waals surface area contributed by atoms with Crippen LogP contribution in [0.3, 0.4) is 0 Å². The van der Waals surface area contributed by atoms with Crippen molar-refractivity contribution in [3.8, 4) is 11.3 Å². The zero-order chi connectivity index (χ0) is 16.5. The highest BCUT2D eigenvalue weighted by molar-refractivity contribution is 5.64. The van der Waals surface area contributed by atoms with Gasteiger partial charge in [0.1, 0.15) is 5.69 Å². The Balaban J connectivity index is 2.50. The molecule has 0 atom stereocenters. The summed E-state index contributed by atoms with van der Waals surface area (Å²) >= 11 is 0. The maximum atomic E-state index is 12.8. The van der Waals surface area contributed by atoms with Crippen molar-refractivity contribution in [1.29, 1.82) is 0 Å². The summed E-state index contributed by atoms with van der Waals surface area (Å²) in [4.78, 5) is 3.46. The van der Waals surface area contributed by atoms with Crippen LogP contribution in [0.2, 0.25) is 0 Å². The average molecular weight is 317 g/mol. The third-order valence-corrected chi connectivity index (χ3v) is 2.88. The van der Waals surface area contributed by atoms with Gasteiger partial charge in [0.05, 0.1) is 11.3 Å². The van der Waals surface area contributed by atoms with Crippen molar-refractivity contribution in [3.63, 3.8) is 0 Å². The largest absolute Gasteiger partial charge is 0.433 e. The summed E-state index contributed by atoms with van der Waals surface area (Å²) in [5.74, 6) is 0. The second kappa shape index (κ2) is 5.47. The highest BCUT2D eigenvalue weighted by Gasteiger charge is 2.33. The summed E-state index contributed by atoms with van der Waals surface area (Å²) in [5.41, 5.74) is -1.75. The predicted octanol–water partition coefficient (Wildman–Crippen LogP) is 5.43. The quantitative estimate of drug-likeness (QED) is 0.673. The molecule has 116 valence electrons. The maximum Gasteiger partial charge on any atom is 0.433 e. The van der Waals surface area contributed by atoms with E-state index in [1.807, 2.05) is 0 Å². The topological polar surface area (TPSA) is 12.9 Å². The van der Waals surface area contributed by atoms with Gasteiger partial charge in [-0.15, -0.1) is 0 Å². The molecule has 0 fully saturated rings. The van der Waals surface area contributed by atoms with Crippen LogP contribution >= 0.6 is 0 Å². The minimum Gasteiger partial charge on any atom is -0.243 e. The van der Waals surface area contributed by atoms with Crippen LogP contribution in [0, 0.1) is 0 Å². The fourth-order valence-electron chi connectivity index (χ4n) is 1.79. The van der Waals surface area contributed by atoms with Gasteiger partial charge in [-0.1, -0.05) is 24.8 Å². The highest BCUT2D eigenvalue weighted by Crippen LogP contribution is 2.33. The van der Waals surface area contributed by atoms with Crippen molar-refractivity contribution in [1.82, 2.24) is 4.98 Å². The molecule has 0 saturated heterocycles. The van der Waals surface area contributed by atoms with Crippen molar-refractivity contribution >= 4 is 6.08 Å². The Labute approximate surface area is 121 Å². The van der Waals surface area contributed by atoms with E-state index in [0.29, 0.717) is 0 Å². The Morgan fingerprint density at radius 2 is 1.45 bits per heavy atom. The molecule has 2 rings (SSSR count). The normalized spacial score (nSPS) is 12.3. The van der Waals surface area contributed by atoms with Crippen LogP contribution in [0.5, 0.6) is 0 Å². The minimum absolute atomic E-state index is 0.0709. The van der Waals surface area contributed by atoms with Crippen molar-refractivity contribution < 1.29 is 26.3 Å². The monoisotopic (exact) mass is 317 g/mol. The third-order valence-electron chi connectivity index (χ3n) is 2.88. The van der Waals surface area contributed by atoms with Crippen LogP contribution in [-0.2, 0) is 12.4 Å². The van der Waals surface area contributed by atoms with Gasteiger partial charge in [0.2, 0.25) is 0 Å². The van der Waals surface area contributed by atoms with Crippen molar-refractivity contribution in [3.05, 3.63) is 59.8 Å². The number of hydrogen-bond acceptors (Lipinski definition) is 1. The van der Waals surface area contributed by atoms with Crippen molar-refractivity contribution in [2.24, 2.45) is 0 Å². The molecular weight excluding hydrogens is 308 g/mol. The first-order valence-corrected chi connectivity index (χ1v) is 6.00. The molecule has 0 N–H and O–H groups in total. The maximum absolute atomic E-state index is 12.8. The fourth-order valence-corrected chi connectivity index (χ4v) is 1.79. The highest BCUT2D eigenvalue weighted by atomic mass is 19.4. The SMILES string of the molecule is C=Cc1cc(-c2ccc(C(F)(F)F)cc2)nc(C(F)(F)F)c1. The molecule has 1 heterocycles. The lowest BCUT2D eigenvalue weighted by Gasteiger charge is -2.11. The van der Waals surface area contributed by atoms with Gasteiger partial charge in [-0.3, -0.25) is 0 Å². The number of benzene rings is 1. The summed E-state index contributed by atoms with van der Waals surface area (Å²) in [6.07, 6.45) is -7.95. The van der Waals surface area contributed by atoms with Crippen LogP contribution in [0.25, 0.3) is 17.3 Å². The van der Waals surface area contributed by atoms with Crippen LogP contribution in [0.15, 0.2) is 43.0 Å². The Hall–Kier alpha value is -2.31. The molecule has 1 nitrogen and oxygen atoms in total. The second-order valence-corrected chi connectivity index (χ2v) is 4.45. The van der Waals surface area contributed by atoms with E-state index in [2.05, 4.69) is 11.6 Å². The van der Waals surface area contributed by atoms with Crippen LogP contribution < -0.4 is 0 Å². The molecule has 1 aromatic carbocycles. The minimum atomic E-state index is -4.65. The zero-order valence-electron chi connectivity index (χ0n) is 11.0. The van der Waals surface area contributed by atoms with E-state index in [-0.39, 0.29) is 16.8 Å². The molecule has 0 unspecified atom stereocenters. The lowest BCUT2D eigenvalue weighted by Crippen LogP contribution is -2.09. The number of pyridine rings is 1. The Morgan fingerprint density at radius 1 is 0.864 bits per heavy atom. The zero-order valence-corrected chi connectivity index (χ0v) is 11.0. The van der Waals surface area contributed by atoms with E-state index in [1.165, 1.54) is 12.1 Å². The summed E-state index contributed by atoms with van der Waals surface area (Å²) in [6, 6.07) is 5.90. The third kappa shape index (κ3) is 3.47. The van der Waals surface area contributed by atoms with Gasteiger partial charge in [0.25, 0.3) is 0 Å². The fraction of sp³-hybridized carbons (Fsp3) is 0.133. The summed E-state index contributed by atoms with van der Waals surface area (Å²) in [7, 11) is 0. The Morgan fingerprint density at radius 3 is 1.91 bits per heavy atom. The summed E-state index contributed by atoms with van der Waals surface area (Å²) in [6.45, 7) is 3.39. The first-order valence-electron chi connectivity index (χ1n) is 6.00. The number of aromatic nitrogens is 1. The van der Waals surface area contributed by atoms with Crippen LogP contribution in [0.1, 0.15) is 16.8 Å². The molecule has 22 heavy (non-hydrogen) atoms. The van der Waals surface area contributed by atoms with E-state index < -0.39 is 23.6 Å². The molecule has 0 saturated carbocycles. The number of alkyl halides is 6. The molecule has 0 aliphatic carbocycles. The van der Waals surface area contributed by atoms with E-state index >= 15 is 0 Å². The first-order chi connectivity index (χ1) is 10.1. The summed E-state index contributed by atoms with van der Waals surface area (Å²) in [5, 5.41) is 0. The number of nitrogens with zero attached hydrogens (tertiary/aromatic N) is 1. The standard InChI is InChI=1S/C15H9F6N/c1-2-9-7-12(22-13(8-9)15(19,20)21)10-3-5-11(6-4-10)14(16,17)18/h2-8H,1H2. The molecule has 0 aliphatic rings. The molecule has 7 heteroatoms. The molecule has 1 aromatic heterocycles. The molecule has 0 aliphatic heterocycles. The van der Waals surface area contributed by atoms with E-state index in [9.17, 15) is 26.3 Å². The van der Waals surface area contributed by atoms with Gasteiger partial charge in [0.15, 0.2) is 0 Å². The predicted molar refractivity (Wildman–Crippen MR) is 69.8 cm³/mol. The van der Waals surface area contributed by atoms with Crippen LogP contribution in [-0.4, -0.2) is 4.98 Å². The molecular formula is C15H9F6N. The van der Waals surface area contributed by atoms with Crippen molar-refractivity contribution in [2.45, 2.75) is 12.4 Å². The van der Waals surface area contributed by atoms with E-state index in [1.54, 1.807) is 0 Å². The lowest BCUT2D eigenvalue weighted by atomic mass is 10.1. The van der Waals surface area contributed by atoms with Gasteiger partial charge in [-0.2, -0.15) is 26.3 Å². The van der Waals surface area contributed by atoms with Crippen molar-refractivity contribution in [2.75, 3.05) is 0 Å². The Bertz CT molecular complexity index is 683. The van der Waals surface area contributed by atoms with Gasteiger partial charge in [-0.05, 0) is 29.8 Å². The average Bonchev–Trinajstić information content (AvgIpc) is 2.45. The van der Waals surface area contributed by atoms with Gasteiger partial charge >= 0.3 is 12.4 Å². The second-order valence-electron chi connectivity index (χ2n) is 4.45. The molecule has 0 radical (unpaired) electrons. The van der Waals surface area contributed by atoms with E-state index in [0.717, 1.165) is 30.3 Å². The smallest absolute Gasteiger partial charge is 0.243 e. The Kier molecular flexibility index (Phi) is 4.00. The number of halogens is 6. The van der Waals surface area contributed by atoms with Gasteiger partial charge in [0, 0.05) is 5.56 Å². The van der Waals surface area contributed by atoms with Gasteiger partial charge < -0.3 is 0 Å². The molecule has 2 aromatic rings. The lowest BCUT2D eigenvalue weighted by molar-refractivity contribution is -0.141. The summed E-state index contributed by atoms with van der Waals surface area (Å²) < 4.78 is 75.8. The first kappa shape index (κ1) is 16.1. The van der Waals surface area contributed by atoms with Gasteiger partial charge in [-0.25, -0.2) is 4.98 Å². The number of hydrogen-bond donors (Lipinski definition) is 0. The number of rotatable bonds is 2. The molecule has 0 amide bonds. The van der Waals surface area contributed by atoms with E-state index in [4.69, 9.17) is 0 Å². The van der Waals surface area contributed by atoms with Crippen LogP contribution in [0.4, 0.5) is 26.3 Å². The molecule has 0 spiro atoms.